The molecule has 0 bridgehead atoms. The first kappa shape index (κ1) is 19.2. The van der Waals surface area contributed by atoms with E-state index < -0.39 is 0 Å². The number of rotatable bonds is 5. The summed E-state index contributed by atoms with van der Waals surface area (Å²) < 4.78 is 13.3. The fraction of sp³-hybridized carbons (Fsp3) is 0.304. The van der Waals surface area contributed by atoms with Crippen LogP contribution in [-0.4, -0.2) is 23.3 Å². The number of fused-ring (bicyclic) bond motifs is 1. The van der Waals surface area contributed by atoms with E-state index in [1.54, 1.807) is 11.0 Å². The van der Waals surface area contributed by atoms with E-state index in [0.29, 0.717) is 19.0 Å². The van der Waals surface area contributed by atoms with Crippen molar-refractivity contribution < 1.29 is 14.0 Å². The number of hydrogen-bond acceptors (Lipinski definition) is 2. The molecule has 1 aliphatic rings. The molecule has 0 unspecified atom stereocenters. The minimum absolute atomic E-state index is 0.0384. The van der Waals surface area contributed by atoms with Crippen molar-refractivity contribution in [3.8, 4) is 0 Å². The van der Waals surface area contributed by atoms with Crippen LogP contribution in [0.15, 0.2) is 48.5 Å². The number of nitrogens with one attached hydrogen (secondary N) is 2. The Morgan fingerprint density at radius 1 is 1.21 bits per heavy atom. The number of amides is 2. The Kier molecular flexibility index (Phi) is 5.09. The number of aromatic nitrogens is 1. The lowest BCUT2D eigenvalue weighted by atomic mass is 10.0. The first-order valence-corrected chi connectivity index (χ1v) is 9.86. The smallest absolute Gasteiger partial charge is 0.227 e. The summed E-state index contributed by atoms with van der Waals surface area (Å²) in [6.07, 6.45) is 0.204. The summed E-state index contributed by atoms with van der Waals surface area (Å²) in [5.41, 5.74) is 3.66. The third-order valence-electron chi connectivity index (χ3n) is 5.46. The molecule has 1 fully saturated rings. The number of carbonyl (C=O) groups is 2. The Bertz CT molecular complexity index is 1060. The van der Waals surface area contributed by atoms with Gasteiger partial charge in [0, 0.05) is 35.2 Å². The van der Waals surface area contributed by atoms with Crippen molar-refractivity contribution in [2.24, 2.45) is 5.92 Å². The maximum Gasteiger partial charge on any atom is 0.227 e. The molecule has 0 radical (unpaired) electrons. The lowest BCUT2D eigenvalue weighted by Gasteiger charge is -2.17. The summed E-state index contributed by atoms with van der Waals surface area (Å²) in [4.78, 5) is 29.9. The molecule has 0 saturated carbocycles. The lowest BCUT2D eigenvalue weighted by Crippen LogP contribution is -2.32. The second kappa shape index (κ2) is 7.70. The van der Waals surface area contributed by atoms with Crippen LogP contribution in [0.1, 0.15) is 37.4 Å². The molecule has 2 amide bonds. The summed E-state index contributed by atoms with van der Waals surface area (Å²) >= 11 is 0. The van der Waals surface area contributed by atoms with E-state index in [4.69, 9.17) is 0 Å². The van der Waals surface area contributed by atoms with Crippen LogP contribution in [-0.2, 0) is 16.1 Å². The second-order valence-corrected chi connectivity index (χ2v) is 7.90. The molecule has 1 aliphatic heterocycles. The van der Waals surface area contributed by atoms with E-state index in [0.717, 1.165) is 22.3 Å². The maximum absolute atomic E-state index is 13.3. The Hall–Kier alpha value is -3.15. The van der Waals surface area contributed by atoms with Crippen LogP contribution in [0, 0.1) is 11.7 Å². The number of nitrogens with zero attached hydrogens (tertiary/aromatic N) is 1. The molecular formula is C23H24FN3O2. The van der Waals surface area contributed by atoms with E-state index in [1.807, 2.05) is 30.3 Å². The van der Waals surface area contributed by atoms with E-state index in [9.17, 15) is 14.0 Å². The summed E-state index contributed by atoms with van der Waals surface area (Å²) in [7, 11) is 0. The fourth-order valence-electron chi connectivity index (χ4n) is 3.76. The molecule has 0 spiro atoms. The number of H-pyrrole nitrogens is 1. The van der Waals surface area contributed by atoms with Crippen LogP contribution in [0.5, 0.6) is 0 Å². The zero-order chi connectivity index (χ0) is 20.5. The van der Waals surface area contributed by atoms with Gasteiger partial charge in [-0.15, -0.1) is 0 Å². The number of hydrogen-bond donors (Lipinski definition) is 2. The minimum Gasteiger partial charge on any atom is -0.357 e. The Morgan fingerprint density at radius 2 is 1.97 bits per heavy atom. The van der Waals surface area contributed by atoms with Crippen LogP contribution in [0.2, 0.25) is 0 Å². The van der Waals surface area contributed by atoms with Crippen molar-refractivity contribution in [1.29, 1.82) is 0 Å². The normalized spacial score (nSPS) is 16.8. The molecule has 29 heavy (non-hydrogen) atoms. The molecule has 150 valence electrons. The topological polar surface area (TPSA) is 65.2 Å². The van der Waals surface area contributed by atoms with Crippen LogP contribution in [0.4, 0.5) is 10.1 Å². The minimum atomic E-state index is -0.380. The zero-order valence-corrected chi connectivity index (χ0v) is 16.5. The van der Waals surface area contributed by atoms with Crippen LogP contribution >= 0.6 is 0 Å². The highest BCUT2D eigenvalue weighted by atomic mass is 19.1. The monoisotopic (exact) mass is 393 g/mol. The summed E-state index contributed by atoms with van der Waals surface area (Å²) in [6.45, 7) is 4.94. The number of aromatic amines is 1. The van der Waals surface area contributed by atoms with Crippen molar-refractivity contribution in [2.75, 3.05) is 11.4 Å². The van der Waals surface area contributed by atoms with Gasteiger partial charge in [0.1, 0.15) is 5.82 Å². The molecule has 2 N–H and O–H groups in total. The molecule has 6 heteroatoms. The summed E-state index contributed by atoms with van der Waals surface area (Å²) in [6, 6.07) is 14.3. The first-order valence-electron chi connectivity index (χ1n) is 9.86. The summed E-state index contributed by atoms with van der Waals surface area (Å²) in [5.74, 6) is -0.432. The highest BCUT2D eigenvalue weighted by Gasteiger charge is 2.35. The van der Waals surface area contributed by atoms with Crippen LogP contribution in [0.25, 0.3) is 10.9 Å². The van der Waals surface area contributed by atoms with Gasteiger partial charge in [-0.25, -0.2) is 4.39 Å². The predicted octanol–water partition coefficient (Wildman–Crippen LogP) is 4.10. The van der Waals surface area contributed by atoms with Gasteiger partial charge >= 0.3 is 0 Å². The third kappa shape index (κ3) is 4.01. The van der Waals surface area contributed by atoms with Crippen molar-refractivity contribution in [1.82, 2.24) is 10.3 Å². The average Bonchev–Trinajstić information content (AvgIpc) is 3.29. The molecule has 3 aromatic rings. The largest absolute Gasteiger partial charge is 0.357 e. The van der Waals surface area contributed by atoms with Crippen molar-refractivity contribution in [2.45, 2.75) is 32.7 Å². The Labute approximate surface area is 168 Å². The number of anilines is 1. The van der Waals surface area contributed by atoms with Gasteiger partial charge in [-0.05, 0) is 47.9 Å². The Morgan fingerprint density at radius 3 is 2.69 bits per heavy atom. The first-order chi connectivity index (χ1) is 13.9. The van der Waals surface area contributed by atoms with Crippen molar-refractivity contribution in [3.05, 3.63) is 65.6 Å². The molecule has 0 aliphatic carbocycles. The standard InChI is InChI=1S/C23H24FN3O2/c1-14(2)15-3-6-20(7-4-15)27-13-17(11-22(27)28)23(29)25-12-19-10-16-9-18(24)5-8-21(16)26-19/h3-10,14,17,26H,11-13H2,1-2H3,(H,25,29)/t17-/m0/s1. The van der Waals surface area contributed by atoms with Gasteiger partial charge in [0.05, 0.1) is 12.5 Å². The van der Waals surface area contributed by atoms with E-state index in [-0.39, 0.29) is 30.0 Å². The second-order valence-electron chi connectivity index (χ2n) is 7.90. The molecule has 2 heterocycles. The predicted molar refractivity (Wildman–Crippen MR) is 111 cm³/mol. The van der Waals surface area contributed by atoms with E-state index in [2.05, 4.69) is 24.1 Å². The van der Waals surface area contributed by atoms with Crippen LogP contribution in [0.3, 0.4) is 0 Å². The SMILES string of the molecule is CC(C)c1ccc(N2C[C@@H](C(=O)NCc3cc4cc(F)ccc4[nH]3)CC2=O)cc1. The van der Waals surface area contributed by atoms with Gasteiger partial charge in [-0.2, -0.15) is 0 Å². The quantitative estimate of drug-likeness (QED) is 0.685. The van der Waals surface area contributed by atoms with Gasteiger partial charge in [0.15, 0.2) is 0 Å². The molecule has 4 rings (SSSR count). The third-order valence-corrected chi connectivity index (χ3v) is 5.46. The molecule has 1 aromatic heterocycles. The van der Waals surface area contributed by atoms with Gasteiger partial charge in [0.2, 0.25) is 11.8 Å². The Balaban J connectivity index is 1.38. The molecule has 2 aromatic carbocycles. The average molecular weight is 393 g/mol. The molecule has 1 atom stereocenters. The van der Waals surface area contributed by atoms with E-state index >= 15 is 0 Å². The number of halogens is 1. The molecule has 5 nitrogen and oxygen atoms in total. The lowest BCUT2D eigenvalue weighted by molar-refractivity contribution is -0.126. The van der Waals surface area contributed by atoms with Crippen molar-refractivity contribution >= 4 is 28.4 Å². The van der Waals surface area contributed by atoms with Gasteiger partial charge in [-0.3, -0.25) is 9.59 Å². The highest BCUT2D eigenvalue weighted by Crippen LogP contribution is 2.27. The zero-order valence-electron chi connectivity index (χ0n) is 16.5. The fourth-order valence-corrected chi connectivity index (χ4v) is 3.76. The van der Waals surface area contributed by atoms with Crippen molar-refractivity contribution in [3.63, 3.8) is 0 Å². The van der Waals surface area contributed by atoms with Gasteiger partial charge in [0.25, 0.3) is 0 Å². The maximum atomic E-state index is 13.3. The number of carbonyl (C=O) groups excluding carboxylic acids is 2. The van der Waals surface area contributed by atoms with Crippen LogP contribution < -0.4 is 10.2 Å². The summed E-state index contributed by atoms with van der Waals surface area (Å²) in [5, 5.41) is 3.66. The van der Waals surface area contributed by atoms with E-state index in [1.165, 1.54) is 17.7 Å². The van der Waals surface area contributed by atoms with Gasteiger partial charge in [-0.1, -0.05) is 26.0 Å². The van der Waals surface area contributed by atoms with Gasteiger partial charge < -0.3 is 15.2 Å². The molecule has 1 saturated heterocycles. The number of benzene rings is 2. The highest BCUT2D eigenvalue weighted by molar-refractivity contribution is 6.00. The molecular weight excluding hydrogens is 369 g/mol.